The van der Waals surface area contributed by atoms with E-state index in [4.69, 9.17) is 5.26 Å². The molecule has 11 heteroatoms. The number of alkyl halides is 6. The van der Waals surface area contributed by atoms with Crippen LogP contribution in [0, 0.1) is 18.3 Å². The van der Waals surface area contributed by atoms with E-state index in [1.165, 1.54) is 30.3 Å². The van der Waals surface area contributed by atoms with Crippen molar-refractivity contribution in [1.29, 1.82) is 5.26 Å². The highest BCUT2D eigenvalue weighted by Gasteiger charge is 2.37. The summed E-state index contributed by atoms with van der Waals surface area (Å²) in [7, 11) is -4.32. The Labute approximate surface area is 162 Å². The molecular formula is C18H12F6N2O2S. The van der Waals surface area contributed by atoms with Crippen LogP contribution in [0.4, 0.5) is 32.0 Å². The van der Waals surface area contributed by atoms with Gasteiger partial charge in [0.05, 0.1) is 16.0 Å². The molecule has 0 aliphatic carbocycles. The maximum absolute atomic E-state index is 12.9. The molecule has 0 aliphatic heterocycles. The number of sulfone groups is 1. The highest BCUT2D eigenvalue weighted by molar-refractivity contribution is 7.95. The summed E-state index contributed by atoms with van der Waals surface area (Å²) in [5.41, 5.74) is -3.10. The molecule has 0 atom stereocenters. The number of allylic oxidation sites excluding steroid dienone is 1. The number of nitrogens with one attached hydrogen (secondary N) is 1. The van der Waals surface area contributed by atoms with Gasteiger partial charge in [0.25, 0.3) is 0 Å². The topological polar surface area (TPSA) is 70.0 Å². The highest BCUT2D eigenvalue weighted by Crippen LogP contribution is 2.37. The first-order valence-corrected chi connectivity index (χ1v) is 9.21. The molecule has 0 amide bonds. The average Bonchev–Trinajstić information content (AvgIpc) is 2.60. The molecule has 0 aliphatic rings. The number of nitrogens with zero attached hydrogens (tertiary/aromatic N) is 1. The van der Waals surface area contributed by atoms with Crippen LogP contribution in [0.3, 0.4) is 0 Å². The van der Waals surface area contributed by atoms with Crippen LogP contribution in [0.2, 0.25) is 0 Å². The van der Waals surface area contributed by atoms with Crippen LogP contribution in [0.25, 0.3) is 0 Å². The van der Waals surface area contributed by atoms with Gasteiger partial charge < -0.3 is 5.32 Å². The molecule has 0 saturated heterocycles. The number of aryl methyl sites for hydroxylation is 1. The maximum atomic E-state index is 12.9. The number of hydrogen-bond acceptors (Lipinski definition) is 4. The number of benzene rings is 2. The van der Waals surface area contributed by atoms with Crippen LogP contribution < -0.4 is 5.32 Å². The normalized spacial score (nSPS) is 13.1. The van der Waals surface area contributed by atoms with E-state index in [1.54, 1.807) is 6.92 Å². The number of hydrogen-bond donors (Lipinski definition) is 1. The summed E-state index contributed by atoms with van der Waals surface area (Å²) in [5.74, 6) is 0. The standard InChI is InChI=1S/C18H12F6N2O2S/c1-11-2-4-15(5-3-11)29(27,28)16(9-25)10-26-14-7-12(17(19,20)21)6-13(8-14)18(22,23)24/h2-8,10,26H,1H3. The van der Waals surface area contributed by atoms with Crippen molar-refractivity contribution in [2.45, 2.75) is 24.2 Å². The minimum absolute atomic E-state index is 0.0663. The van der Waals surface area contributed by atoms with E-state index in [-0.39, 0.29) is 11.0 Å². The van der Waals surface area contributed by atoms with Gasteiger partial charge in [0.15, 0.2) is 4.91 Å². The van der Waals surface area contributed by atoms with E-state index in [2.05, 4.69) is 0 Å². The molecule has 1 N–H and O–H groups in total. The number of rotatable bonds is 4. The Hall–Kier alpha value is -3.00. The molecule has 2 aromatic carbocycles. The number of anilines is 1. The Kier molecular flexibility index (Phi) is 5.99. The van der Waals surface area contributed by atoms with Gasteiger partial charge in [-0.05, 0) is 37.3 Å². The monoisotopic (exact) mass is 434 g/mol. The van der Waals surface area contributed by atoms with Crippen molar-refractivity contribution in [3.63, 3.8) is 0 Å². The maximum Gasteiger partial charge on any atom is 0.416 e. The second kappa shape index (κ2) is 7.79. The van der Waals surface area contributed by atoms with E-state index in [0.29, 0.717) is 18.3 Å². The van der Waals surface area contributed by atoms with Crippen LogP contribution in [0.5, 0.6) is 0 Å². The molecule has 0 saturated carbocycles. The molecular weight excluding hydrogens is 422 g/mol. The second-order valence-electron chi connectivity index (χ2n) is 5.88. The smallest absolute Gasteiger partial charge is 0.360 e. The summed E-state index contributed by atoms with van der Waals surface area (Å²) in [6, 6.07) is 7.45. The Balaban J connectivity index is 2.47. The molecule has 4 nitrogen and oxygen atoms in total. The summed E-state index contributed by atoms with van der Waals surface area (Å²) in [5, 5.41) is 11.2. The van der Waals surface area contributed by atoms with Crippen LogP contribution in [0.1, 0.15) is 16.7 Å². The minimum atomic E-state index is -5.06. The van der Waals surface area contributed by atoms with Gasteiger partial charge in [0, 0.05) is 11.9 Å². The third-order valence-corrected chi connectivity index (χ3v) is 5.37. The molecule has 0 unspecified atom stereocenters. The summed E-state index contributed by atoms with van der Waals surface area (Å²) < 4.78 is 102. The fourth-order valence-electron chi connectivity index (χ4n) is 2.20. The van der Waals surface area contributed by atoms with Crippen molar-refractivity contribution in [2.24, 2.45) is 0 Å². The lowest BCUT2D eigenvalue weighted by atomic mass is 10.1. The van der Waals surface area contributed by atoms with E-state index >= 15 is 0 Å². The van der Waals surface area contributed by atoms with E-state index in [1.807, 2.05) is 5.32 Å². The van der Waals surface area contributed by atoms with Crippen molar-refractivity contribution < 1.29 is 34.8 Å². The van der Waals surface area contributed by atoms with Gasteiger partial charge in [-0.1, -0.05) is 17.7 Å². The van der Waals surface area contributed by atoms with Gasteiger partial charge in [0.2, 0.25) is 9.84 Å². The first kappa shape index (κ1) is 22.3. The quantitative estimate of drug-likeness (QED) is 0.525. The Morgan fingerprint density at radius 2 is 1.45 bits per heavy atom. The van der Waals surface area contributed by atoms with Gasteiger partial charge in [0.1, 0.15) is 6.07 Å². The summed E-state index contributed by atoms with van der Waals surface area (Å²) in [6.45, 7) is 1.70. The van der Waals surface area contributed by atoms with Gasteiger partial charge in [-0.25, -0.2) is 8.42 Å². The fraction of sp³-hybridized carbons (Fsp3) is 0.167. The molecule has 29 heavy (non-hydrogen) atoms. The van der Waals surface area contributed by atoms with Crippen LogP contribution in [0.15, 0.2) is 58.5 Å². The largest absolute Gasteiger partial charge is 0.416 e. The average molecular weight is 434 g/mol. The first-order chi connectivity index (χ1) is 13.2. The molecule has 2 aromatic rings. The third-order valence-electron chi connectivity index (χ3n) is 3.69. The van der Waals surface area contributed by atoms with Crippen molar-refractivity contribution in [1.82, 2.24) is 0 Å². The van der Waals surface area contributed by atoms with Gasteiger partial charge in [-0.2, -0.15) is 31.6 Å². The van der Waals surface area contributed by atoms with E-state index in [0.717, 1.165) is 5.56 Å². The zero-order valence-corrected chi connectivity index (χ0v) is 15.4. The van der Waals surface area contributed by atoms with Crippen LogP contribution in [-0.4, -0.2) is 8.42 Å². The molecule has 0 aromatic heterocycles. The number of nitriles is 1. The Morgan fingerprint density at radius 3 is 1.86 bits per heavy atom. The number of halogens is 6. The minimum Gasteiger partial charge on any atom is -0.360 e. The van der Waals surface area contributed by atoms with E-state index < -0.39 is 43.9 Å². The second-order valence-corrected chi connectivity index (χ2v) is 7.79. The lowest BCUT2D eigenvalue weighted by Gasteiger charge is -2.14. The molecule has 0 bridgehead atoms. The molecule has 154 valence electrons. The predicted octanol–water partition coefficient (Wildman–Crippen LogP) is 5.28. The molecule has 2 rings (SSSR count). The summed E-state index contributed by atoms with van der Waals surface area (Å²) in [4.78, 5) is -1.13. The summed E-state index contributed by atoms with van der Waals surface area (Å²) in [6.07, 6.45) is -9.58. The predicted molar refractivity (Wildman–Crippen MR) is 92.1 cm³/mol. The lowest BCUT2D eigenvalue weighted by Crippen LogP contribution is -2.12. The van der Waals surface area contributed by atoms with Crippen molar-refractivity contribution in [3.05, 3.63) is 70.3 Å². The van der Waals surface area contributed by atoms with Crippen LogP contribution in [-0.2, 0) is 22.2 Å². The van der Waals surface area contributed by atoms with Crippen molar-refractivity contribution in [3.8, 4) is 6.07 Å². The summed E-state index contributed by atoms with van der Waals surface area (Å²) >= 11 is 0. The van der Waals surface area contributed by atoms with Crippen LogP contribution >= 0.6 is 0 Å². The lowest BCUT2D eigenvalue weighted by molar-refractivity contribution is -0.143. The SMILES string of the molecule is Cc1ccc(S(=O)(=O)C(C#N)=CNc2cc(C(F)(F)F)cc(C(F)(F)F)c2)cc1. The first-order valence-electron chi connectivity index (χ1n) is 7.73. The molecule has 0 fully saturated rings. The Morgan fingerprint density at radius 1 is 0.966 bits per heavy atom. The fourth-order valence-corrected chi connectivity index (χ4v) is 3.28. The van der Waals surface area contributed by atoms with Gasteiger partial charge in [-0.15, -0.1) is 0 Å². The molecule has 0 heterocycles. The van der Waals surface area contributed by atoms with Crippen molar-refractivity contribution >= 4 is 15.5 Å². The Bertz CT molecular complexity index is 1050. The van der Waals surface area contributed by atoms with E-state index in [9.17, 15) is 34.8 Å². The molecule has 0 radical (unpaired) electrons. The third kappa shape index (κ3) is 5.29. The molecule has 0 spiro atoms. The van der Waals surface area contributed by atoms with Gasteiger partial charge >= 0.3 is 12.4 Å². The zero-order chi connectivity index (χ0) is 22.0. The van der Waals surface area contributed by atoms with Crippen molar-refractivity contribution in [2.75, 3.05) is 5.32 Å². The van der Waals surface area contributed by atoms with Gasteiger partial charge in [-0.3, -0.25) is 0 Å². The zero-order valence-electron chi connectivity index (χ0n) is 14.6. The highest BCUT2D eigenvalue weighted by atomic mass is 32.2.